The Hall–Kier alpha value is -3.91. The van der Waals surface area contributed by atoms with E-state index in [2.05, 4.69) is 12.1 Å². The Morgan fingerprint density at radius 2 is 1.68 bits per heavy atom. The Balaban J connectivity index is 1.43. The van der Waals surface area contributed by atoms with Crippen molar-refractivity contribution in [3.8, 4) is 17.2 Å². The van der Waals surface area contributed by atoms with Gasteiger partial charge in [0.25, 0.3) is 0 Å². The van der Waals surface area contributed by atoms with Crippen LogP contribution in [-0.4, -0.2) is 43.9 Å². The molecule has 0 amide bonds. The van der Waals surface area contributed by atoms with Gasteiger partial charge in [0.05, 0.1) is 56.7 Å². The van der Waals surface area contributed by atoms with Crippen LogP contribution in [0.3, 0.4) is 0 Å². The van der Waals surface area contributed by atoms with Gasteiger partial charge in [0.15, 0.2) is 5.78 Å². The van der Waals surface area contributed by atoms with Crippen LogP contribution in [0.4, 0.5) is 0 Å². The van der Waals surface area contributed by atoms with Gasteiger partial charge >= 0.3 is 0 Å². The highest BCUT2D eigenvalue weighted by molar-refractivity contribution is 6.08. The van der Waals surface area contributed by atoms with Crippen LogP contribution in [0.25, 0.3) is 10.8 Å². The first-order chi connectivity index (χ1) is 20.0. The second-order valence-electron chi connectivity index (χ2n) is 10.6. The van der Waals surface area contributed by atoms with Gasteiger partial charge in [-0.25, -0.2) is 0 Å². The number of phenols is 1. The van der Waals surface area contributed by atoms with Crippen molar-refractivity contribution in [1.82, 2.24) is 0 Å². The van der Waals surface area contributed by atoms with Crippen LogP contribution in [0.5, 0.6) is 17.2 Å². The highest BCUT2D eigenvalue weighted by Crippen LogP contribution is 2.53. The predicted molar refractivity (Wildman–Crippen MR) is 155 cm³/mol. The predicted octanol–water partition coefficient (Wildman–Crippen LogP) is 6.57. The lowest BCUT2D eigenvalue weighted by Gasteiger charge is -2.40. The van der Waals surface area contributed by atoms with Crippen molar-refractivity contribution in [1.29, 1.82) is 0 Å². The van der Waals surface area contributed by atoms with Crippen molar-refractivity contribution in [2.75, 3.05) is 20.8 Å². The first kappa shape index (κ1) is 27.3. The lowest BCUT2D eigenvalue weighted by Crippen LogP contribution is -2.41. The Bertz CT molecular complexity index is 1540. The molecular weight excluding hydrogens is 520 g/mol. The zero-order valence-electron chi connectivity index (χ0n) is 23.4. The number of methoxy groups -OCH3 is 2. The molecule has 1 N–H and O–H groups in total. The topological polar surface area (TPSA) is 83.5 Å². The molecular formula is C34H34O7. The molecule has 0 radical (unpaired) electrons. The molecule has 0 aromatic heterocycles. The van der Waals surface area contributed by atoms with Crippen LogP contribution in [0.2, 0.25) is 0 Å². The number of Topliss-reactive ketones (excluding diaryl/α,β-unsaturated/α-hetero) is 1. The van der Waals surface area contributed by atoms with E-state index < -0.39 is 6.10 Å². The standard InChI is InChI=1S/C34H34O7/c1-20(35)25-16-27(37-2)23-14-15-24(31(36)30(23)34(25)38-3)33-26-17-28(39-18-21-10-6-4-7-11-21)29(41-33)19-40-32(26)22-12-8-5-9-13-22/h4-16,26,28-29,32-33,36H,17-19H2,1-3H3/t26-,28+,29-,32?,33-/m1/s1. The third-order valence-electron chi connectivity index (χ3n) is 8.22. The first-order valence-corrected chi connectivity index (χ1v) is 13.9. The molecule has 2 bridgehead atoms. The number of benzene rings is 4. The van der Waals surface area contributed by atoms with Crippen LogP contribution < -0.4 is 9.47 Å². The Morgan fingerprint density at radius 1 is 0.951 bits per heavy atom. The number of ether oxygens (including phenoxy) is 5. The van der Waals surface area contributed by atoms with Crippen molar-refractivity contribution in [3.05, 3.63) is 101 Å². The van der Waals surface area contributed by atoms with E-state index in [1.165, 1.54) is 14.0 Å². The number of hydrogen-bond acceptors (Lipinski definition) is 7. The van der Waals surface area contributed by atoms with E-state index in [0.717, 1.165) is 11.1 Å². The summed E-state index contributed by atoms with van der Waals surface area (Å²) in [6.45, 7) is 2.31. The average Bonchev–Trinajstić information content (AvgIpc) is 3.30. The summed E-state index contributed by atoms with van der Waals surface area (Å²) in [7, 11) is 3.04. The SMILES string of the molecule is COc1cc(C(C)=O)c(OC)c2c(O)c([C@H]3O[C@@H]4COC(c5ccccc5)[C@H]3C[C@@H]4OCc3ccccc3)ccc12. The maximum absolute atomic E-state index is 12.5. The quantitative estimate of drug-likeness (QED) is 0.247. The third-order valence-corrected chi connectivity index (χ3v) is 8.22. The molecule has 5 atom stereocenters. The van der Waals surface area contributed by atoms with Crippen molar-refractivity contribution in [3.63, 3.8) is 0 Å². The molecule has 212 valence electrons. The molecule has 3 aliphatic heterocycles. The number of aromatic hydroxyl groups is 1. The fourth-order valence-corrected chi connectivity index (χ4v) is 6.24. The lowest BCUT2D eigenvalue weighted by atomic mass is 9.80. The molecule has 3 fully saturated rings. The molecule has 4 aromatic rings. The second-order valence-corrected chi connectivity index (χ2v) is 10.6. The van der Waals surface area contributed by atoms with Gasteiger partial charge < -0.3 is 28.8 Å². The minimum atomic E-state index is -0.481. The summed E-state index contributed by atoms with van der Waals surface area (Å²) >= 11 is 0. The normalized spacial score (nSPS) is 23.7. The Labute approximate surface area is 239 Å². The van der Waals surface area contributed by atoms with E-state index in [4.69, 9.17) is 23.7 Å². The van der Waals surface area contributed by atoms with Crippen molar-refractivity contribution in [2.24, 2.45) is 5.92 Å². The number of rotatable bonds is 8. The third kappa shape index (κ3) is 5.05. The maximum atomic E-state index is 12.5. The number of fused-ring (bicyclic) bond motifs is 5. The molecule has 4 aromatic carbocycles. The number of phenolic OH excluding ortho intramolecular Hbond substituents is 1. The molecule has 3 saturated heterocycles. The molecule has 0 spiro atoms. The van der Waals surface area contributed by atoms with E-state index in [-0.39, 0.29) is 35.8 Å². The van der Waals surface area contributed by atoms with E-state index >= 15 is 0 Å². The van der Waals surface area contributed by atoms with Crippen molar-refractivity contribution >= 4 is 16.6 Å². The molecule has 7 heteroatoms. The maximum Gasteiger partial charge on any atom is 0.163 e. The summed E-state index contributed by atoms with van der Waals surface area (Å²) in [5.41, 5.74) is 3.10. The molecule has 0 saturated carbocycles. The Kier molecular flexibility index (Phi) is 7.67. The van der Waals surface area contributed by atoms with Gasteiger partial charge in [-0.05, 0) is 36.6 Å². The summed E-state index contributed by atoms with van der Waals surface area (Å²) in [6, 6.07) is 25.6. The van der Waals surface area contributed by atoms with E-state index in [0.29, 0.717) is 53.0 Å². The molecule has 41 heavy (non-hydrogen) atoms. The lowest BCUT2D eigenvalue weighted by molar-refractivity contribution is -0.159. The van der Waals surface area contributed by atoms with Crippen molar-refractivity contribution in [2.45, 2.75) is 44.4 Å². The summed E-state index contributed by atoms with van der Waals surface area (Å²) < 4.78 is 30.9. The summed E-state index contributed by atoms with van der Waals surface area (Å²) in [6.07, 6.45) is -0.555. The minimum Gasteiger partial charge on any atom is -0.507 e. The zero-order valence-corrected chi connectivity index (χ0v) is 23.4. The van der Waals surface area contributed by atoms with Gasteiger partial charge in [0.1, 0.15) is 23.4 Å². The largest absolute Gasteiger partial charge is 0.507 e. The van der Waals surface area contributed by atoms with Gasteiger partial charge in [0.2, 0.25) is 0 Å². The number of carbonyl (C=O) groups excluding carboxylic acids is 1. The van der Waals surface area contributed by atoms with Gasteiger partial charge in [-0.1, -0.05) is 66.7 Å². The summed E-state index contributed by atoms with van der Waals surface area (Å²) in [5.74, 6) is 0.464. The zero-order chi connectivity index (χ0) is 28.5. The van der Waals surface area contributed by atoms with E-state index in [1.807, 2.05) is 60.7 Å². The smallest absolute Gasteiger partial charge is 0.163 e. The van der Waals surface area contributed by atoms with E-state index in [9.17, 15) is 9.90 Å². The monoisotopic (exact) mass is 554 g/mol. The van der Waals surface area contributed by atoms with Gasteiger partial charge in [-0.3, -0.25) is 4.79 Å². The van der Waals surface area contributed by atoms with Gasteiger partial charge in [0, 0.05) is 16.9 Å². The molecule has 3 aliphatic rings. The fourth-order valence-electron chi connectivity index (χ4n) is 6.24. The first-order valence-electron chi connectivity index (χ1n) is 13.9. The number of ketones is 1. The summed E-state index contributed by atoms with van der Waals surface area (Å²) in [5, 5.41) is 12.9. The van der Waals surface area contributed by atoms with Gasteiger partial charge in [-0.2, -0.15) is 0 Å². The van der Waals surface area contributed by atoms with Crippen LogP contribution >= 0.6 is 0 Å². The summed E-state index contributed by atoms with van der Waals surface area (Å²) in [4.78, 5) is 12.5. The Morgan fingerprint density at radius 3 is 2.37 bits per heavy atom. The van der Waals surface area contributed by atoms with E-state index in [1.54, 1.807) is 13.2 Å². The number of hydrogen-bond donors (Lipinski definition) is 1. The van der Waals surface area contributed by atoms with Crippen LogP contribution in [0.1, 0.15) is 52.6 Å². The van der Waals surface area contributed by atoms with Crippen LogP contribution in [0.15, 0.2) is 78.9 Å². The molecule has 1 unspecified atom stereocenters. The molecule has 3 heterocycles. The van der Waals surface area contributed by atoms with Crippen LogP contribution in [0, 0.1) is 5.92 Å². The molecule has 7 nitrogen and oxygen atoms in total. The van der Waals surface area contributed by atoms with Gasteiger partial charge in [-0.15, -0.1) is 0 Å². The minimum absolute atomic E-state index is 0.00636. The highest BCUT2D eigenvalue weighted by atomic mass is 16.6. The van der Waals surface area contributed by atoms with Crippen LogP contribution in [-0.2, 0) is 20.8 Å². The second kappa shape index (κ2) is 11.5. The van der Waals surface area contributed by atoms with Crippen molar-refractivity contribution < 1.29 is 33.6 Å². The molecule has 7 rings (SSSR count). The molecule has 0 aliphatic carbocycles. The number of carbonyl (C=O) groups is 1. The highest BCUT2D eigenvalue weighted by Gasteiger charge is 2.48. The average molecular weight is 555 g/mol. The fraction of sp³-hybridized carbons (Fsp3) is 0.324.